The van der Waals surface area contributed by atoms with Crippen molar-refractivity contribution in [2.24, 2.45) is 0 Å². The van der Waals surface area contributed by atoms with Crippen molar-refractivity contribution in [1.82, 2.24) is 24.6 Å². The fraction of sp³-hybridized carbons (Fsp3) is 0.120. The Kier molecular flexibility index (Phi) is 5.31. The number of pyridine rings is 1. The number of thiophene rings is 1. The first-order chi connectivity index (χ1) is 17.0. The van der Waals surface area contributed by atoms with Gasteiger partial charge in [-0.1, -0.05) is 41.9 Å². The third-order valence-electron chi connectivity index (χ3n) is 5.62. The third kappa shape index (κ3) is 3.86. The summed E-state index contributed by atoms with van der Waals surface area (Å²) < 4.78 is 34.7. The zero-order valence-corrected chi connectivity index (χ0v) is 19.8. The van der Waals surface area contributed by atoms with Crippen LogP contribution < -0.4 is 4.74 Å². The molecule has 6 nitrogen and oxygen atoms in total. The van der Waals surface area contributed by atoms with E-state index in [9.17, 15) is 8.78 Å². The molecule has 0 bridgehead atoms. The lowest BCUT2D eigenvalue weighted by molar-refractivity contribution is 0.146. The van der Waals surface area contributed by atoms with E-state index in [2.05, 4.69) is 15.1 Å². The van der Waals surface area contributed by atoms with Gasteiger partial charge in [-0.3, -0.25) is 0 Å². The summed E-state index contributed by atoms with van der Waals surface area (Å²) in [4.78, 5) is 14.0. The number of ether oxygens (including phenoxy) is 1. The van der Waals surface area contributed by atoms with Crippen molar-refractivity contribution in [3.8, 4) is 17.1 Å². The molecule has 0 fully saturated rings. The maximum atomic E-state index is 13.3. The molecule has 0 atom stereocenters. The Morgan fingerprint density at radius 1 is 1.09 bits per heavy atom. The topological polar surface area (TPSA) is 65.2 Å². The van der Waals surface area contributed by atoms with Crippen LogP contribution in [0.5, 0.6) is 5.75 Å². The van der Waals surface area contributed by atoms with Crippen molar-refractivity contribution in [1.29, 1.82) is 0 Å². The van der Waals surface area contributed by atoms with Crippen LogP contribution in [0.2, 0.25) is 5.02 Å². The molecule has 174 valence electrons. The van der Waals surface area contributed by atoms with Gasteiger partial charge in [0.05, 0.1) is 10.5 Å². The first-order valence-corrected chi connectivity index (χ1v) is 11.9. The highest BCUT2D eigenvalue weighted by molar-refractivity contribution is 7.26. The summed E-state index contributed by atoms with van der Waals surface area (Å²) in [5, 5.41) is 5.91. The lowest BCUT2D eigenvalue weighted by Gasteiger charge is -2.08. The van der Waals surface area contributed by atoms with Crippen LogP contribution in [0.25, 0.3) is 37.5 Å². The van der Waals surface area contributed by atoms with Crippen molar-refractivity contribution >= 4 is 49.0 Å². The van der Waals surface area contributed by atoms with Crippen LogP contribution in [-0.2, 0) is 6.61 Å². The summed E-state index contributed by atoms with van der Waals surface area (Å²) in [5.41, 5.74) is 3.51. The lowest BCUT2D eigenvalue weighted by atomic mass is 10.1. The molecule has 0 saturated heterocycles. The maximum absolute atomic E-state index is 13.3. The zero-order chi connectivity index (χ0) is 24.1. The van der Waals surface area contributed by atoms with Crippen LogP contribution in [0.1, 0.15) is 23.2 Å². The molecule has 0 radical (unpaired) electrons. The molecule has 0 aliphatic carbocycles. The fourth-order valence-corrected chi connectivity index (χ4v) is 5.37. The van der Waals surface area contributed by atoms with Gasteiger partial charge in [-0.05, 0) is 42.3 Å². The second kappa shape index (κ2) is 8.51. The SMILES string of the molecule is Cc1cc(C(F)F)nc2sc3c(ncn4nc(-c5cccc(COc6ccccc6Cl)c5)nc34)c12. The van der Waals surface area contributed by atoms with Crippen molar-refractivity contribution in [3.05, 3.63) is 82.8 Å². The summed E-state index contributed by atoms with van der Waals surface area (Å²) >= 11 is 7.47. The second-order valence-electron chi connectivity index (χ2n) is 7.99. The molecule has 6 aromatic rings. The number of nitrogens with zero attached hydrogens (tertiary/aromatic N) is 5. The van der Waals surface area contributed by atoms with Crippen LogP contribution in [0, 0.1) is 6.92 Å². The van der Waals surface area contributed by atoms with Crippen LogP contribution in [0.4, 0.5) is 8.78 Å². The minimum atomic E-state index is -2.63. The Morgan fingerprint density at radius 2 is 1.94 bits per heavy atom. The maximum Gasteiger partial charge on any atom is 0.280 e. The molecular weight excluding hydrogens is 492 g/mol. The van der Waals surface area contributed by atoms with Crippen LogP contribution >= 0.6 is 22.9 Å². The quantitative estimate of drug-likeness (QED) is 0.250. The van der Waals surface area contributed by atoms with E-state index in [1.165, 1.54) is 17.4 Å². The normalized spacial score (nSPS) is 11.8. The molecule has 0 aliphatic heterocycles. The average Bonchev–Trinajstić information content (AvgIpc) is 3.45. The summed E-state index contributed by atoms with van der Waals surface area (Å²) in [6.45, 7) is 2.13. The molecule has 0 saturated carbocycles. The minimum Gasteiger partial charge on any atom is -0.487 e. The number of fused-ring (bicyclic) bond motifs is 5. The Hall–Kier alpha value is -3.69. The highest BCUT2D eigenvalue weighted by Gasteiger charge is 2.19. The van der Waals surface area contributed by atoms with E-state index < -0.39 is 6.43 Å². The monoisotopic (exact) mass is 507 g/mol. The molecule has 10 heteroatoms. The summed E-state index contributed by atoms with van der Waals surface area (Å²) in [7, 11) is 0. The highest BCUT2D eigenvalue weighted by Crippen LogP contribution is 2.37. The molecule has 0 N–H and O–H groups in total. The van der Waals surface area contributed by atoms with Crippen molar-refractivity contribution in [3.63, 3.8) is 0 Å². The Bertz CT molecular complexity index is 1730. The van der Waals surface area contributed by atoms with Gasteiger partial charge >= 0.3 is 0 Å². The van der Waals surface area contributed by atoms with Crippen LogP contribution in [0.3, 0.4) is 0 Å². The number of hydrogen-bond donors (Lipinski definition) is 0. The molecular formula is C25H16ClF2N5OS. The van der Waals surface area contributed by atoms with Crippen LogP contribution in [0.15, 0.2) is 60.9 Å². The first kappa shape index (κ1) is 21.8. The van der Waals surface area contributed by atoms with Crippen molar-refractivity contribution in [2.75, 3.05) is 0 Å². The van der Waals surface area contributed by atoms with Gasteiger partial charge < -0.3 is 4.74 Å². The molecule has 2 aromatic carbocycles. The Balaban J connectivity index is 1.39. The number of para-hydroxylation sites is 1. The number of aromatic nitrogens is 5. The van der Waals surface area contributed by atoms with Crippen LogP contribution in [-0.4, -0.2) is 24.6 Å². The smallest absolute Gasteiger partial charge is 0.280 e. The molecule has 0 aliphatic rings. The van der Waals surface area contributed by atoms with E-state index in [0.717, 1.165) is 21.2 Å². The fourth-order valence-electron chi connectivity index (χ4n) is 3.99. The Labute approximate surface area is 206 Å². The predicted molar refractivity (Wildman–Crippen MR) is 132 cm³/mol. The van der Waals surface area contributed by atoms with Gasteiger partial charge in [-0.15, -0.1) is 16.4 Å². The van der Waals surface area contributed by atoms with Gasteiger partial charge in [0.1, 0.15) is 33.9 Å². The summed E-state index contributed by atoms with van der Waals surface area (Å²) in [6.07, 6.45) is -1.05. The van der Waals surface area contributed by atoms with Gasteiger partial charge in [0, 0.05) is 10.9 Å². The van der Waals surface area contributed by atoms with E-state index in [1.807, 2.05) is 42.5 Å². The van der Waals surface area contributed by atoms with E-state index in [0.29, 0.717) is 44.8 Å². The highest BCUT2D eigenvalue weighted by atomic mass is 35.5. The summed E-state index contributed by atoms with van der Waals surface area (Å²) in [5.74, 6) is 1.14. The van der Waals surface area contributed by atoms with Gasteiger partial charge in [0.2, 0.25) is 0 Å². The van der Waals surface area contributed by atoms with E-state index in [4.69, 9.17) is 21.3 Å². The second-order valence-corrected chi connectivity index (χ2v) is 9.40. The van der Waals surface area contributed by atoms with E-state index in [1.54, 1.807) is 23.8 Å². The van der Waals surface area contributed by atoms with Gasteiger partial charge in [0.15, 0.2) is 11.5 Å². The number of benzene rings is 2. The molecule has 4 aromatic heterocycles. The Morgan fingerprint density at radius 3 is 2.77 bits per heavy atom. The van der Waals surface area contributed by atoms with Crippen molar-refractivity contribution < 1.29 is 13.5 Å². The molecule has 6 rings (SSSR count). The molecule has 35 heavy (non-hydrogen) atoms. The summed E-state index contributed by atoms with van der Waals surface area (Å²) in [6, 6.07) is 16.5. The number of alkyl halides is 2. The number of halogens is 3. The number of rotatable bonds is 5. The molecule has 4 heterocycles. The molecule has 0 amide bonds. The standard InChI is InChI=1S/C25H16ClF2N5OS/c1-13-9-17(22(27)28)30-25-19(13)20-21(35-25)24-31-23(32-33(24)12-29-20)15-6-4-5-14(10-15)11-34-18-8-3-2-7-16(18)26/h2-10,12,22H,11H2,1H3. The van der Waals surface area contributed by atoms with E-state index in [-0.39, 0.29) is 5.69 Å². The number of hydrogen-bond acceptors (Lipinski definition) is 6. The minimum absolute atomic E-state index is 0.240. The lowest BCUT2D eigenvalue weighted by Crippen LogP contribution is -1.96. The molecule has 0 spiro atoms. The predicted octanol–water partition coefficient (Wildman–Crippen LogP) is 7.03. The molecule has 0 unspecified atom stereocenters. The largest absolute Gasteiger partial charge is 0.487 e. The van der Waals surface area contributed by atoms with Gasteiger partial charge in [-0.25, -0.2) is 28.2 Å². The first-order valence-electron chi connectivity index (χ1n) is 10.7. The van der Waals surface area contributed by atoms with Gasteiger partial charge in [-0.2, -0.15) is 0 Å². The van der Waals surface area contributed by atoms with Crippen molar-refractivity contribution in [2.45, 2.75) is 20.0 Å². The average molecular weight is 508 g/mol. The van der Waals surface area contributed by atoms with E-state index >= 15 is 0 Å². The zero-order valence-electron chi connectivity index (χ0n) is 18.2. The third-order valence-corrected chi connectivity index (χ3v) is 7.01. The number of aryl methyl sites for hydroxylation is 1. The van der Waals surface area contributed by atoms with Gasteiger partial charge in [0.25, 0.3) is 6.43 Å².